The summed E-state index contributed by atoms with van der Waals surface area (Å²) in [5.41, 5.74) is 14.1. The van der Waals surface area contributed by atoms with Crippen LogP contribution in [-0.2, 0) is 0 Å². The topological polar surface area (TPSA) is 22.8 Å². The van der Waals surface area contributed by atoms with Crippen molar-refractivity contribution in [2.75, 3.05) is 0 Å². The summed E-state index contributed by atoms with van der Waals surface area (Å²) in [7, 11) is 0. The van der Waals surface area contributed by atoms with Gasteiger partial charge in [0.2, 0.25) is 0 Å². The fourth-order valence-corrected chi connectivity index (χ4v) is 8.21. The zero-order valence-electron chi connectivity index (χ0n) is 25.9. The van der Waals surface area contributed by atoms with Gasteiger partial charge in [0.25, 0.3) is 0 Å². The molecule has 3 aromatic heterocycles. The molecule has 0 spiro atoms. The summed E-state index contributed by atoms with van der Waals surface area (Å²) in [6.45, 7) is 0. The Morgan fingerprint density at radius 2 is 1.10 bits per heavy atom. The predicted octanol–water partition coefficient (Wildman–Crippen LogP) is 11.7. The molecule has 1 aliphatic rings. The molecule has 0 bridgehead atoms. The maximum atomic E-state index is 5.06. The molecule has 0 atom stereocenters. The lowest BCUT2D eigenvalue weighted by Gasteiger charge is -2.12. The summed E-state index contributed by atoms with van der Waals surface area (Å²) in [5.74, 6) is 0. The smallest absolute Gasteiger partial charge is 0.0802 e. The van der Waals surface area contributed by atoms with Crippen molar-refractivity contribution in [2.24, 2.45) is 0 Å². The summed E-state index contributed by atoms with van der Waals surface area (Å²) in [6, 6.07) is 57.5. The summed E-state index contributed by atoms with van der Waals surface area (Å²) < 4.78 is 4.95. The molecule has 3 nitrogen and oxygen atoms in total. The quantitative estimate of drug-likeness (QED) is 0.191. The molecular formula is C45H27N3. The maximum Gasteiger partial charge on any atom is 0.0802 e. The van der Waals surface area contributed by atoms with Gasteiger partial charge in [-0.15, -0.1) is 0 Å². The molecule has 0 radical (unpaired) electrons. The lowest BCUT2D eigenvalue weighted by atomic mass is 9.96. The highest BCUT2D eigenvalue weighted by molar-refractivity contribution is 6.30. The Morgan fingerprint density at radius 1 is 0.417 bits per heavy atom. The number of pyridine rings is 1. The van der Waals surface area contributed by atoms with Gasteiger partial charge in [0.15, 0.2) is 0 Å². The number of aromatic nitrogens is 3. The van der Waals surface area contributed by atoms with Crippen LogP contribution in [0.2, 0.25) is 0 Å². The highest BCUT2D eigenvalue weighted by Crippen LogP contribution is 2.50. The summed E-state index contributed by atoms with van der Waals surface area (Å²) >= 11 is 0. The Balaban J connectivity index is 1.27. The molecule has 7 aromatic carbocycles. The van der Waals surface area contributed by atoms with Crippen molar-refractivity contribution in [1.82, 2.24) is 14.1 Å². The second-order valence-corrected chi connectivity index (χ2v) is 12.8. The van der Waals surface area contributed by atoms with Crippen LogP contribution >= 0.6 is 0 Å². The molecule has 3 heteroatoms. The molecule has 0 aliphatic carbocycles. The van der Waals surface area contributed by atoms with Gasteiger partial charge in [-0.3, -0.25) is 4.98 Å². The number of rotatable bonds is 2. The first-order valence-corrected chi connectivity index (χ1v) is 16.5. The molecule has 0 N–H and O–H groups in total. The lowest BCUT2D eigenvalue weighted by molar-refractivity contribution is 1.18. The second kappa shape index (κ2) is 9.54. The number of nitrogens with zero attached hydrogens (tertiary/aromatic N) is 3. The zero-order chi connectivity index (χ0) is 31.3. The van der Waals surface area contributed by atoms with Gasteiger partial charge >= 0.3 is 0 Å². The largest absolute Gasteiger partial charge is 0.309 e. The highest BCUT2D eigenvalue weighted by atomic mass is 15.0. The predicted molar refractivity (Wildman–Crippen MR) is 200 cm³/mol. The van der Waals surface area contributed by atoms with E-state index in [0.29, 0.717) is 0 Å². The van der Waals surface area contributed by atoms with E-state index in [0.717, 1.165) is 22.5 Å². The fourth-order valence-electron chi connectivity index (χ4n) is 8.21. The minimum Gasteiger partial charge on any atom is -0.309 e. The molecule has 1 aliphatic heterocycles. The molecule has 0 unspecified atom stereocenters. The summed E-state index contributed by atoms with van der Waals surface area (Å²) in [6.07, 6.45) is 1.93. The van der Waals surface area contributed by atoms with E-state index >= 15 is 0 Å². The van der Waals surface area contributed by atoms with Gasteiger partial charge < -0.3 is 9.13 Å². The van der Waals surface area contributed by atoms with Crippen LogP contribution in [0.1, 0.15) is 0 Å². The monoisotopic (exact) mass is 609 g/mol. The van der Waals surface area contributed by atoms with Crippen LogP contribution in [-0.4, -0.2) is 14.1 Å². The van der Waals surface area contributed by atoms with Crippen LogP contribution in [0.5, 0.6) is 0 Å². The fraction of sp³-hybridized carbons (Fsp3) is 0. The molecule has 4 heterocycles. The van der Waals surface area contributed by atoms with E-state index in [2.05, 4.69) is 167 Å². The minimum atomic E-state index is 1.02. The molecule has 11 rings (SSSR count). The lowest BCUT2D eigenvalue weighted by Crippen LogP contribution is -1.96. The van der Waals surface area contributed by atoms with Gasteiger partial charge in [-0.1, -0.05) is 109 Å². The van der Waals surface area contributed by atoms with Gasteiger partial charge in [0.05, 0.1) is 33.4 Å². The van der Waals surface area contributed by atoms with Crippen LogP contribution in [0.3, 0.4) is 0 Å². The van der Waals surface area contributed by atoms with Crippen molar-refractivity contribution in [2.45, 2.75) is 0 Å². The van der Waals surface area contributed by atoms with Crippen molar-refractivity contribution in [3.05, 3.63) is 164 Å². The van der Waals surface area contributed by atoms with Gasteiger partial charge in [0.1, 0.15) is 0 Å². The Kier molecular flexibility index (Phi) is 5.11. The standard InChI is InChI=1S/C45H27N3/c1-2-11-30-26-31(20-19-28(30)10-1)29-21-23-32(24-22-29)47-39-16-6-4-13-34(39)37-27-38-43-35(15-9-25-46-43)33-12-3-7-17-40(33)48-41-18-8-5-14-36(41)42(44(37)47)45(38)48/h1-27H. The third kappa shape index (κ3) is 3.40. The van der Waals surface area contributed by atoms with Crippen molar-refractivity contribution < 1.29 is 0 Å². The average Bonchev–Trinajstić information content (AvgIpc) is 3.63. The van der Waals surface area contributed by atoms with E-state index in [4.69, 9.17) is 4.98 Å². The molecule has 0 fully saturated rings. The number of hydrogen-bond donors (Lipinski definition) is 0. The molecule has 0 amide bonds. The number of para-hydroxylation sites is 3. The first kappa shape index (κ1) is 25.7. The molecule has 48 heavy (non-hydrogen) atoms. The number of fused-ring (bicyclic) bond motifs is 13. The van der Waals surface area contributed by atoms with Crippen LogP contribution in [0.25, 0.3) is 99.3 Å². The number of hydrogen-bond acceptors (Lipinski definition) is 1. The zero-order valence-corrected chi connectivity index (χ0v) is 25.9. The van der Waals surface area contributed by atoms with Crippen molar-refractivity contribution >= 4 is 54.4 Å². The normalized spacial score (nSPS) is 12.2. The SMILES string of the molecule is c1ccc2c(c1)-c1cccnc1-c1cc3c4ccccc4n(-c4ccc(-c5ccc6ccccc6c5)cc4)c3c3c4ccccc4n-2c13. The summed E-state index contributed by atoms with van der Waals surface area (Å²) in [4.78, 5) is 5.06. The Labute approximate surface area is 276 Å². The van der Waals surface area contributed by atoms with E-state index in [1.165, 1.54) is 76.8 Å². The van der Waals surface area contributed by atoms with Gasteiger partial charge in [-0.25, -0.2) is 0 Å². The van der Waals surface area contributed by atoms with Crippen LogP contribution in [0.15, 0.2) is 164 Å². The molecular weight excluding hydrogens is 583 g/mol. The maximum absolute atomic E-state index is 5.06. The van der Waals surface area contributed by atoms with Crippen molar-refractivity contribution in [3.63, 3.8) is 0 Å². The second-order valence-electron chi connectivity index (χ2n) is 12.8. The molecule has 0 saturated heterocycles. The van der Waals surface area contributed by atoms with Crippen LogP contribution < -0.4 is 0 Å². The van der Waals surface area contributed by atoms with E-state index in [1.807, 2.05) is 6.20 Å². The van der Waals surface area contributed by atoms with E-state index in [9.17, 15) is 0 Å². The van der Waals surface area contributed by atoms with E-state index in [1.54, 1.807) is 0 Å². The Hall–Kier alpha value is -6.45. The van der Waals surface area contributed by atoms with E-state index < -0.39 is 0 Å². The van der Waals surface area contributed by atoms with Gasteiger partial charge in [-0.2, -0.15) is 0 Å². The van der Waals surface area contributed by atoms with Gasteiger partial charge in [-0.05, 0) is 70.4 Å². The third-order valence-corrected chi connectivity index (χ3v) is 10.3. The Bertz CT molecular complexity index is 2940. The molecule has 0 saturated carbocycles. The Morgan fingerprint density at radius 3 is 1.98 bits per heavy atom. The van der Waals surface area contributed by atoms with Crippen LogP contribution in [0.4, 0.5) is 0 Å². The van der Waals surface area contributed by atoms with Crippen molar-refractivity contribution in [3.8, 4) is 44.9 Å². The minimum absolute atomic E-state index is 1.02. The third-order valence-electron chi connectivity index (χ3n) is 10.3. The average molecular weight is 610 g/mol. The van der Waals surface area contributed by atoms with Crippen LogP contribution in [0, 0.1) is 0 Å². The first-order chi connectivity index (χ1) is 23.8. The van der Waals surface area contributed by atoms with Crippen molar-refractivity contribution in [1.29, 1.82) is 0 Å². The molecule has 222 valence electrons. The highest BCUT2D eigenvalue weighted by Gasteiger charge is 2.28. The van der Waals surface area contributed by atoms with Gasteiger partial charge in [0, 0.05) is 50.1 Å². The first-order valence-electron chi connectivity index (χ1n) is 16.5. The van der Waals surface area contributed by atoms with E-state index in [-0.39, 0.29) is 0 Å². The number of benzene rings is 7. The molecule has 10 aromatic rings. The summed E-state index contributed by atoms with van der Waals surface area (Å²) in [5, 5.41) is 7.48.